The highest BCUT2D eigenvalue weighted by atomic mass is 16.6. The lowest BCUT2D eigenvalue weighted by Crippen LogP contribution is -2.04. The Bertz CT molecular complexity index is 1060. The molecule has 0 atom stereocenters. The molecule has 3 rings (SSSR count). The first-order valence-electron chi connectivity index (χ1n) is 8.86. The van der Waals surface area contributed by atoms with Gasteiger partial charge in [-0.15, -0.1) is 0 Å². The average molecular weight is 376 g/mol. The maximum Gasteiger partial charge on any atom is 0.269 e. The van der Waals surface area contributed by atoms with Crippen LogP contribution in [0.15, 0.2) is 54.6 Å². The molecule has 0 aliphatic heterocycles. The summed E-state index contributed by atoms with van der Waals surface area (Å²) >= 11 is 0. The van der Waals surface area contributed by atoms with Crippen molar-refractivity contribution in [2.75, 3.05) is 0 Å². The second kappa shape index (κ2) is 7.60. The van der Waals surface area contributed by atoms with Crippen molar-refractivity contribution >= 4 is 17.3 Å². The van der Waals surface area contributed by atoms with Gasteiger partial charge in [-0.25, -0.2) is 0 Å². The van der Waals surface area contributed by atoms with Gasteiger partial charge in [0.15, 0.2) is 5.78 Å². The number of carbonyl (C=O) groups is 2. The number of nitro groups is 1. The van der Waals surface area contributed by atoms with Crippen molar-refractivity contribution in [3.63, 3.8) is 0 Å². The van der Waals surface area contributed by atoms with E-state index in [4.69, 9.17) is 0 Å². The van der Waals surface area contributed by atoms with Crippen molar-refractivity contribution in [1.82, 2.24) is 4.57 Å². The molecule has 1 heterocycles. The normalized spacial score (nSPS) is 10.7. The van der Waals surface area contributed by atoms with E-state index in [1.165, 1.54) is 26.0 Å². The van der Waals surface area contributed by atoms with Gasteiger partial charge in [-0.05, 0) is 56.2 Å². The van der Waals surface area contributed by atoms with Gasteiger partial charge in [-0.1, -0.05) is 18.2 Å². The van der Waals surface area contributed by atoms with Crippen LogP contribution in [0.2, 0.25) is 0 Å². The number of ketones is 2. The summed E-state index contributed by atoms with van der Waals surface area (Å²) in [6.45, 7) is 4.82. The Kier molecular flexibility index (Phi) is 5.22. The fourth-order valence-electron chi connectivity index (χ4n) is 3.58. The number of carbonyl (C=O) groups excluding carboxylic acids is 2. The molecule has 6 heteroatoms. The van der Waals surface area contributed by atoms with E-state index >= 15 is 0 Å². The molecular weight excluding hydrogens is 356 g/mol. The third-order valence-electron chi connectivity index (χ3n) is 4.65. The Morgan fingerprint density at radius 2 is 1.61 bits per heavy atom. The van der Waals surface area contributed by atoms with E-state index in [9.17, 15) is 19.7 Å². The second-order valence-electron chi connectivity index (χ2n) is 6.70. The van der Waals surface area contributed by atoms with E-state index in [0.29, 0.717) is 22.4 Å². The summed E-state index contributed by atoms with van der Waals surface area (Å²) in [4.78, 5) is 34.9. The lowest BCUT2D eigenvalue weighted by Gasteiger charge is -2.13. The SMILES string of the molecule is CC(=O)Cc1c(C(C)=O)c(C)n(-c2ccccc2)c1-c1ccc([N+](=O)[O-])cc1. The van der Waals surface area contributed by atoms with E-state index in [1.807, 2.05) is 41.8 Å². The van der Waals surface area contributed by atoms with E-state index in [2.05, 4.69) is 0 Å². The molecular formula is C22H20N2O4. The molecule has 0 aliphatic carbocycles. The van der Waals surface area contributed by atoms with Gasteiger partial charge < -0.3 is 4.57 Å². The lowest BCUT2D eigenvalue weighted by molar-refractivity contribution is -0.384. The summed E-state index contributed by atoms with van der Waals surface area (Å²) in [6.07, 6.45) is 0.113. The summed E-state index contributed by atoms with van der Waals surface area (Å²) < 4.78 is 1.94. The molecule has 0 amide bonds. The largest absolute Gasteiger partial charge is 0.313 e. The van der Waals surface area contributed by atoms with Gasteiger partial charge in [0.2, 0.25) is 0 Å². The van der Waals surface area contributed by atoms with Crippen LogP contribution in [0.3, 0.4) is 0 Å². The minimum Gasteiger partial charge on any atom is -0.313 e. The molecule has 0 radical (unpaired) electrons. The molecule has 0 unspecified atom stereocenters. The molecule has 142 valence electrons. The van der Waals surface area contributed by atoms with Crippen LogP contribution in [-0.4, -0.2) is 21.1 Å². The first kappa shape index (κ1) is 19.2. The topological polar surface area (TPSA) is 82.2 Å². The highest BCUT2D eigenvalue weighted by Gasteiger charge is 2.25. The lowest BCUT2D eigenvalue weighted by atomic mass is 9.97. The number of para-hydroxylation sites is 1. The summed E-state index contributed by atoms with van der Waals surface area (Å²) in [5.74, 6) is -0.178. The van der Waals surface area contributed by atoms with Gasteiger partial charge >= 0.3 is 0 Å². The monoisotopic (exact) mass is 376 g/mol. The van der Waals surface area contributed by atoms with Crippen molar-refractivity contribution in [2.24, 2.45) is 0 Å². The maximum atomic E-state index is 12.4. The molecule has 0 saturated heterocycles. The molecule has 3 aromatic rings. The van der Waals surface area contributed by atoms with Crippen molar-refractivity contribution in [3.05, 3.63) is 81.5 Å². The van der Waals surface area contributed by atoms with Crippen LogP contribution in [0.25, 0.3) is 16.9 Å². The maximum absolute atomic E-state index is 12.4. The van der Waals surface area contributed by atoms with E-state index in [0.717, 1.165) is 11.4 Å². The molecule has 6 nitrogen and oxygen atoms in total. The number of aromatic nitrogens is 1. The molecule has 2 aromatic carbocycles. The van der Waals surface area contributed by atoms with Crippen LogP contribution < -0.4 is 0 Å². The first-order valence-corrected chi connectivity index (χ1v) is 8.86. The summed E-state index contributed by atoms with van der Waals surface area (Å²) in [5, 5.41) is 11.0. The van der Waals surface area contributed by atoms with Crippen LogP contribution in [0.5, 0.6) is 0 Å². The summed E-state index contributed by atoms with van der Waals surface area (Å²) in [7, 11) is 0. The van der Waals surface area contributed by atoms with Crippen molar-refractivity contribution in [2.45, 2.75) is 27.2 Å². The number of hydrogen-bond donors (Lipinski definition) is 0. The Hall–Kier alpha value is -3.54. The van der Waals surface area contributed by atoms with E-state index in [-0.39, 0.29) is 23.7 Å². The molecule has 1 aromatic heterocycles. The smallest absolute Gasteiger partial charge is 0.269 e. The van der Waals surface area contributed by atoms with Gasteiger partial charge in [-0.3, -0.25) is 19.7 Å². The predicted octanol–water partition coefficient (Wildman–Crippen LogP) is 4.70. The number of non-ortho nitro benzene ring substituents is 1. The Morgan fingerprint density at radius 3 is 2.11 bits per heavy atom. The van der Waals surface area contributed by atoms with Crippen LogP contribution in [-0.2, 0) is 11.2 Å². The van der Waals surface area contributed by atoms with Crippen LogP contribution in [0.4, 0.5) is 5.69 Å². The third kappa shape index (κ3) is 3.49. The quantitative estimate of drug-likeness (QED) is 0.355. The Labute approximate surface area is 162 Å². The minimum absolute atomic E-state index is 0.0156. The Balaban J connectivity index is 2.37. The summed E-state index contributed by atoms with van der Waals surface area (Å²) in [6, 6.07) is 15.7. The molecule has 0 spiro atoms. The number of rotatable bonds is 6. The first-order chi connectivity index (χ1) is 13.3. The van der Waals surface area contributed by atoms with Gasteiger partial charge in [0.1, 0.15) is 5.78 Å². The Morgan fingerprint density at radius 1 is 1.00 bits per heavy atom. The van der Waals surface area contributed by atoms with Crippen molar-refractivity contribution < 1.29 is 14.5 Å². The standard InChI is InChI=1S/C22H20N2O4/c1-14(25)13-20-21(16(3)26)15(2)23(18-7-5-4-6-8-18)22(20)17-9-11-19(12-10-17)24(27)28/h4-12H,13H2,1-3H3. The number of hydrogen-bond acceptors (Lipinski definition) is 4. The highest BCUT2D eigenvalue weighted by Crippen LogP contribution is 2.36. The van der Waals surface area contributed by atoms with Crippen LogP contribution >= 0.6 is 0 Å². The molecule has 0 fully saturated rings. The molecule has 0 aliphatic rings. The van der Waals surface area contributed by atoms with Crippen LogP contribution in [0, 0.1) is 17.0 Å². The number of benzene rings is 2. The van der Waals surface area contributed by atoms with Gasteiger partial charge in [-0.2, -0.15) is 0 Å². The fraction of sp³-hybridized carbons (Fsp3) is 0.182. The molecule has 0 bridgehead atoms. The zero-order chi connectivity index (χ0) is 20.4. The zero-order valence-electron chi connectivity index (χ0n) is 15.9. The van der Waals surface area contributed by atoms with E-state index in [1.54, 1.807) is 12.1 Å². The second-order valence-corrected chi connectivity index (χ2v) is 6.70. The van der Waals surface area contributed by atoms with E-state index < -0.39 is 4.92 Å². The molecule has 0 N–H and O–H groups in total. The minimum atomic E-state index is -0.456. The van der Waals surface area contributed by atoms with Gasteiger partial charge in [0.25, 0.3) is 5.69 Å². The molecule has 0 saturated carbocycles. The number of nitro benzene ring substituents is 1. The van der Waals surface area contributed by atoms with Crippen LogP contribution in [0.1, 0.15) is 35.5 Å². The van der Waals surface area contributed by atoms with Crippen molar-refractivity contribution in [1.29, 1.82) is 0 Å². The molecule has 28 heavy (non-hydrogen) atoms. The summed E-state index contributed by atoms with van der Waals surface area (Å²) in [5.41, 5.74) is 4.16. The number of nitrogens with zero attached hydrogens (tertiary/aromatic N) is 2. The highest BCUT2D eigenvalue weighted by molar-refractivity contribution is 6.01. The average Bonchev–Trinajstić information content (AvgIpc) is 2.93. The number of Topliss-reactive ketones (excluding diaryl/α,β-unsaturated/α-hetero) is 2. The van der Waals surface area contributed by atoms with Gasteiger partial charge in [0.05, 0.1) is 10.6 Å². The zero-order valence-corrected chi connectivity index (χ0v) is 15.9. The van der Waals surface area contributed by atoms with Crippen molar-refractivity contribution in [3.8, 4) is 16.9 Å². The third-order valence-corrected chi connectivity index (χ3v) is 4.65. The predicted molar refractivity (Wildman–Crippen MR) is 107 cm³/mol. The fourth-order valence-corrected chi connectivity index (χ4v) is 3.58. The van der Waals surface area contributed by atoms with Gasteiger partial charge in [0, 0.05) is 35.5 Å².